The van der Waals surface area contributed by atoms with Crippen molar-refractivity contribution in [2.24, 2.45) is 12.1 Å². The van der Waals surface area contributed by atoms with Crippen LogP contribution in [0.3, 0.4) is 0 Å². The van der Waals surface area contributed by atoms with Gasteiger partial charge < -0.3 is 4.57 Å². The van der Waals surface area contributed by atoms with Gasteiger partial charge in [-0.1, -0.05) is 12.1 Å². The fourth-order valence-corrected chi connectivity index (χ4v) is 2.34. The molecule has 0 bridgehead atoms. The number of benzene rings is 1. The van der Waals surface area contributed by atoms with Crippen molar-refractivity contribution in [3.8, 4) is 0 Å². The molecule has 2 N–H and O–H groups in total. The molecule has 0 aliphatic carbocycles. The van der Waals surface area contributed by atoms with E-state index in [4.69, 9.17) is 0 Å². The number of fused-ring (bicyclic) bond motifs is 1. The van der Waals surface area contributed by atoms with Crippen molar-refractivity contribution >= 4 is 23.3 Å². The highest BCUT2D eigenvalue weighted by atomic mass is 19.1. The molecule has 0 saturated heterocycles. The highest BCUT2D eigenvalue weighted by molar-refractivity contribution is 5.80. The molecule has 0 radical (unpaired) electrons. The maximum Gasteiger partial charge on any atom is 0.329 e. The quantitative estimate of drug-likeness (QED) is 0.551. The second kappa shape index (κ2) is 6.11. The molecule has 0 spiro atoms. The Hall–Kier alpha value is -3.23. The molecule has 9 heteroatoms. The lowest BCUT2D eigenvalue weighted by atomic mass is 10.2. The minimum absolute atomic E-state index is 0.269. The normalized spacial score (nSPS) is 11.5. The second-order valence-corrected chi connectivity index (χ2v) is 5.09. The Bertz CT molecular complexity index is 1030. The van der Waals surface area contributed by atoms with Crippen LogP contribution in [-0.2, 0) is 13.6 Å². The number of imidazole rings is 1. The third-order valence-electron chi connectivity index (χ3n) is 3.57. The monoisotopic (exact) mass is 330 g/mol. The maximum absolute atomic E-state index is 12.9. The zero-order chi connectivity index (χ0) is 17.3. The number of aromatic nitrogens is 4. The zero-order valence-corrected chi connectivity index (χ0v) is 13.1. The van der Waals surface area contributed by atoms with Crippen molar-refractivity contribution < 1.29 is 4.39 Å². The van der Waals surface area contributed by atoms with Gasteiger partial charge in [0.1, 0.15) is 5.82 Å². The Balaban J connectivity index is 1.99. The summed E-state index contributed by atoms with van der Waals surface area (Å²) < 4.78 is 15.7. The minimum Gasteiger partial charge on any atom is -0.303 e. The van der Waals surface area contributed by atoms with Gasteiger partial charge in [0.2, 0.25) is 5.95 Å². The van der Waals surface area contributed by atoms with E-state index in [-0.39, 0.29) is 11.5 Å². The van der Waals surface area contributed by atoms with Crippen molar-refractivity contribution in [1.29, 1.82) is 0 Å². The number of nitrogens with one attached hydrogen (secondary N) is 2. The number of anilines is 1. The van der Waals surface area contributed by atoms with Gasteiger partial charge in [-0.05, 0) is 24.6 Å². The molecule has 0 aliphatic heterocycles. The predicted octanol–water partition coefficient (Wildman–Crippen LogP) is 1.03. The van der Waals surface area contributed by atoms with Crippen molar-refractivity contribution in [1.82, 2.24) is 19.1 Å². The summed E-state index contributed by atoms with van der Waals surface area (Å²) in [5, 5.41) is 4.05. The molecule has 1 aromatic carbocycles. The second-order valence-electron chi connectivity index (χ2n) is 5.09. The first kappa shape index (κ1) is 15.7. The molecular formula is C15H15FN6O2. The van der Waals surface area contributed by atoms with Crippen LogP contribution in [0.15, 0.2) is 39.0 Å². The van der Waals surface area contributed by atoms with Gasteiger partial charge in [-0.2, -0.15) is 10.1 Å². The SMILES string of the molecule is CCn1c(NN=Cc2ccc(F)cc2)nc2c1c(=O)[nH]c(=O)n2C. The van der Waals surface area contributed by atoms with Crippen LogP contribution < -0.4 is 16.7 Å². The zero-order valence-electron chi connectivity index (χ0n) is 13.1. The highest BCUT2D eigenvalue weighted by Gasteiger charge is 2.15. The van der Waals surface area contributed by atoms with Crippen LogP contribution in [0.4, 0.5) is 10.3 Å². The summed E-state index contributed by atoms with van der Waals surface area (Å²) in [4.78, 5) is 30.2. The summed E-state index contributed by atoms with van der Waals surface area (Å²) in [6, 6.07) is 5.82. The van der Waals surface area contributed by atoms with Crippen LogP contribution in [0.1, 0.15) is 12.5 Å². The van der Waals surface area contributed by atoms with E-state index in [0.717, 1.165) is 0 Å². The van der Waals surface area contributed by atoms with Crippen molar-refractivity contribution in [3.63, 3.8) is 0 Å². The number of aromatic amines is 1. The van der Waals surface area contributed by atoms with E-state index >= 15 is 0 Å². The molecule has 24 heavy (non-hydrogen) atoms. The third-order valence-corrected chi connectivity index (χ3v) is 3.57. The first-order chi connectivity index (χ1) is 11.5. The fraction of sp³-hybridized carbons (Fsp3) is 0.200. The summed E-state index contributed by atoms with van der Waals surface area (Å²) in [5.41, 5.74) is 2.98. The maximum atomic E-state index is 12.9. The number of nitrogens with zero attached hydrogens (tertiary/aromatic N) is 4. The Morgan fingerprint density at radius 2 is 2.04 bits per heavy atom. The van der Waals surface area contributed by atoms with E-state index in [9.17, 15) is 14.0 Å². The standard InChI is InChI=1S/C15H15FN6O2/c1-3-22-11-12(21(2)15(24)19-13(11)23)18-14(22)20-17-8-9-4-6-10(16)7-5-9/h4-8H,3H2,1-2H3,(H,18,20)(H,19,23,24). The topological polar surface area (TPSA) is 97.1 Å². The van der Waals surface area contributed by atoms with Gasteiger partial charge in [0.25, 0.3) is 5.56 Å². The van der Waals surface area contributed by atoms with Gasteiger partial charge in [0.05, 0.1) is 6.21 Å². The van der Waals surface area contributed by atoms with Crippen LogP contribution in [0.2, 0.25) is 0 Å². The van der Waals surface area contributed by atoms with Gasteiger partial charge in [0, 0.05) is 13.6 Å². The van der Waals surface area contributed by atoms with Crippen molar-refractivity contribution in [2.45, 2.75) is 13.5 Å². The molecular weight excluding hydrogens is 315 g/mol. The summed E-state index contributed by atoms with van der Waals surface area (Å²) in [6.45, 7) is 2.31. The van der Waals surface area contributed by atoms with E-state index < -0.39 is 11.2 Å². The molecule has 0 aliphatic rings. The number of halogens is 1. The van der Waals surface area contributed by atoms with Crippen LogP contribution >= 0.6 is 0 Å². The molecule has 124 valence electrons. The molecule has 0 saturated carbocycles. The van der Waals surface area contributed by atoms with Gasteiger partial charge in [-0.15, -0.1) is 0 Å². The van der Waals surface area contributed by atoms with Crippen molar-refractivity contribution in [2.75, 3.05) is 5.43 Å². The molecule has 8 nitrogen and oxygen atoms in total. The number of H-pyrrole nitrogens is 1. The van der Waals surface area contributed by atoms with Gasteiger partial charge >= 0.3 is 5.69 Å². The van der Waals surface area contributed by atoms with Gasteiger partial charge in [-0.25, -0.2) is 14.6 Å². The minimum atomic E-state index is -0.533. The van der Waals surface area contributed by atoms with Gasteiger partial charge in [-0.3, -0.25) is 14.3 Å². The average molecular weight is 330 g/mol. The van der Waals surface area contributed by atoms with Crippen LogP contribution in [0.5, 0.6) is 0 Å². The Morgan fingerprint density at radius 3 is 2.71 bits per heavy atom. The molecule has 3 aromatic rings. The number of hydrogen-bond acceptors (Lipinski definition) is 5. The summed E-state index contributed by atoms with van der Waals surface area (Å²) in [7, 11) is 1.53. The molecule has 0 fully saturated rings. The van der Waals surface area contributed by atoms with Crippen LogP contribution in [-0.4, -0.2) is 25.3 Å². The highest BCUT2D eigenvalue weighted by Crippen LogP contribution is 2.14. The molecule has 0 unspecified atom stereocenters. The smallest absolute Gasteiger partial charge is 0.303 e. The summed E-state index contributed by atoms with van der Waals surface area (Å²) >= 11 is 0. The first-order valence-electron chi connectivity index (χ1n) is 7.25. The van der Waals surface area contributed by atoms with Crippen LogP contribution in [0, 0.1) is 5.82 Å². The summed E-state index contributed by atoms with van der Waals surface area (Å²) in [6.07, 6.45) is 1.50. The Labute approximate surface area is 135 Å². The third kappa shape index (κ3) is 2.71. The van der Waals surface area contributed by atoms with Gasteiger partial charge in [0.15, 0.2) is 11.2 Å². The molecule has 0 amide bonds. The van der Waals surface area contributed by atoms with E-state index in [0.29, 0.717) is 23.6 Å². The van der Waals surface area contributed by atoms with E-state index in [1.165, 1.54) is 30.0 Å². The number of hydrazone groups is 1. The lowest BCUT2D eigenvalue weighted by Crippen LogP contribution is -2.29. The van der Waals surface area contributed by atoms with Crippen molar-refractivity contribution in [3.05, 3.63) is 56.5 Å². The lowest BCUT2D eigenvalue weighted by molar-refractivity contribution is 0.628. The van der Waals surface area contributed by atoms with E-state index in [1.54, 1.807) is 16.7 Å². The predicted molar refractivity (Wildman–Crippen MR) is 88.9 cm³/mol. The number of rotatable bonds is 4. The molecule has 3 rings (SSSR count). The van der Waals surface area contributed by atoms with E-state index in [2.05, 4.69) is 20.5 Å². The molecule has 2 aromatic heterocycles. The first-order valence-corrected chi connectivity index (χ1v) is 7.25. The molecule has 2 heterocycles. The summed E-state index contributed by atoms with van der Waals surface area (Å²) in [5.74, 6) is 0.00517. The molecule has 0 atom stereocenters. The largest absolute Gasteiger partial charge is 0.329 e. The van der Waals surface area contributed by atoms with Crippen LogP contribution in [0.25, 0.3) is 11.2 Å². The van der Waals surface area contributed by atoms with E-state index in [1.807, 2.05) is 6.92 Å². The number of hydrogen-bond donors (Lipinski definition) is 2. The average Bonchev–Trinajstić information content (AvgIpc) is 2.94. The Kier molecular flexibility index (Phi) is 3.98. The lowest BCUT2D eigenvalue weighted by Gasteiger charge is -2.03. The fourth-order valence-electron chi connectivity index (χ4n) is 2.34. The Morgan fingerprint density at radius 1 is 1.33 bits per heavy atom. The number of aryl methyl sites for hydroxylation is 2.